The van der Waals surface area contributed by atoms with Crippen LogP contribution in [0.4, 0.5) is 0 Å². The minimum absolute atomic E-state index is 0.376. The van der Waals surface area contributed by atoms with E-state index in [1.54, 1.807) is 6.20 Å². The molecule has 0 aromatic carbocycles. The summed E-state index contributed by atoms with van der Waals surface area (Å²) >= 11 is 0. The van der Waals surface area contributed by atoms with Crippen molar-refractivity contribution in [3.63, 3.8) is 0 Å². The van der Waals surface area contributed by atoms with Gasteiger partial charge >= 0.3 is 5.69 Å². The van der Waals surface area contributed by atoms with Gasteiger partial charge in [-0.15, -0.1) is 4.68 Å². The second-order valence-corrected chi connectivity index (χ2v) is 2.76. The molecule has 0 aliphatic carbocycles. The summed E-state index contributed by atoms with van der Waals surface area (Å²) in [4.78, 5) is 15.3. The second kappa shape index (κ2) is 3.41. The van der Waals surface area contributed by atoms with Crippen molar-refractivity contribution in [2.24, 2.45) is 0 Å². The van der Waals surface area contributed by atoms with Gasteiger partial charge in [-0.05, 0) is 28.5 Å². The van der Waals surface area contributed by atoms with Gasteiger partial charge in [-0.1, -0.05) is 13.0 Å². The van der Waals surface area contributed by atoms with E-state index in [-0.39, 0.29) is 5.69 Å². The number of nitrogens with one attached hydrogen (secondary N) is 1. The van der Waals surface area contributed by atoms with Crippen molar-refractivity contribution >= 4 is 0 Å². The lowest BCUT2D eigenvalue weighted by molar-refractivity contribution is 0.750. The molecule has 0 radical (unpaired) electrons. The highest BCUT2D eigenvalue weighted by molar-refractivity contribution is 5.31. The zero-order valence-corrected chi connectivity index (χ0v) is 7.64. The molecule has 2 aromatic rings. The van der Waals surface area contributed by atoms with Gasteiger partial charge < -0.3 is 0 Å². The van der Waals surface area contributed by atoms with Crippen LogP contribution in [0, 0.1) is 0 Å². The molecule has 0 atom stereocenters. The first kappa shape index (κ1) is 8.61. The highest BCUT2D eigenvalue weighted by atomic mass is 16.2. The third-order valence-electron chi connectivity index (χ3n) is 1.92. The largest absolute Gasteiger partial charge is 0.367 e. The zero-order valence-electron chi connectivity index (χ0n) is 7.64. The van der Waals surface area contributed by atoms with Crippen LogP contribution in [0.25, 0.3) is 5.82 Å². The van der Waals surface area contributed by atoms with Crippen molar-refractivity contribution in [2.75, 3.05) is 0 Å². The summed E-state index contributed by atoms with van der Waals surface area (Å²) < 4.78 is 1.15. The fourth-order valence-corrected chi connectivity index (χ4v) is 1.23. The van der Waals surface area contributed by atoms with Crippen LogP contribution in [0.1, 0.15) is 12.5 Å². The minimum Gasteiger partial charge on any atom is -0.244 e. The number of aromatic nitrogens is 5. The smallest absolute Gasteiger partial charge is 0.244 e. The van der Waals surface area contributed by atoms with Gasteiger partial charge in [0.15, 0.2) is 5.82 Å². The van der Waals surface area contributed by atoms with E-state index in [9.17, 15) is 4.79 Å². The number of tetrazole rings is 1. The normalized spacial score (nSPS) is 10.4. The van der Waals surface area contributed by atoms with Gasteiger partial charge in [-0.25, -0.2) is 14.9 Å². The lowest BCUT2D eigenvalue weighted by atomic mass is 10.2. The fraction of sp³-hybridized carbons (Fsp3) is 0.250. The van der Waals surface area contributed by atoms with Crippen LogP contribution in [-0.2, 0) is 6.42 Å². The van der Waals surface area contributed by atoms with Crippen LogP contribution >= 0.6 is 0 Å². The third kappa shape index (κ3) is 1.30. The lowest BCUT2D eigenvalue weighted by Gasteiger charge is -2.02. The molecule has 14 heavy (non-hydrogen) atoms. The van der Waals surface area contributed by atoms with Gasteiger partial charge in [0.25, 0.3) is 0 Å². The molecule has 2 aromatic heterocycles. The van der Waals surface area contributed by atoms with Gasteiger partial charge in [-0.2, -0.15) is 0 Å². The Hall–Kier alpha value is -1.98. The van der Waals surface area contributed by atoms with E-state index < -0.39 is 0 Å². The molecule has 0 spiro atoms. The maximum Gasteiger partial charge on any atom is 0.367 e. The Kier molecular flexibility index (Phi) is 2.10. The van der Waals surface area contributed by atoms with E-state index in [1.807, 2.05) is 19.1 Å². The quantitative estimate of drug-likeness (QED) is 0.719. The van der Waals surface area contributed by atoms with Crippen molar-refractivity contribution in [1.29, 1.82) is 0 Å². The number of rotatable bonds is 2. The van der Waals surface area contributed by atoms with Gasteiger partial charge in [0.1, 0.15) is 0 Å². The fourth-order valence-electron chi connectivity index (χ4n) is 1.23. The topological polar surface area (TPSA) is 76.5 Å². The molecule has 0 fully saturated rings. The van der Waals surface area contributed by atoms with Crippen molar-refractivity contribution in [3.05, 3.63) is 34.4 Å². The summed E-state index contributed by atoms with van der Waals surface area (Å²) in [5, 5.41) is 9.26. The second-order valence-electron chi connectivity index (χ2n) is 2.76. The highest BCUT2D eigenvalue weighted by Crippen LogP contribution is 2.07. The Morgan fingerprint density at radius 1 is 1.57 bits per heavy atom. The molecular formula is C8H9N5O. The predicted octanol–water partition coefficient (Wildman–Crippen LogP) is -0.0870. The summed E-state index contributed by atoms with van der Waals surface area (Å²) in [5.74, 6) is 0.536. The Balaban J connectivity index is 2.62. The SMILES string of the molecule is CCc1cccnc1-n1nn[nH]c1=O. The number of pyridine rings is 1. The number of hydrogen-bond acceptors (Lipinski definition) is 4. The van der Waals surface area contributed by atoms with Gasteiger partial charge in [0.2, 0.25) is 0 Å². The van der Waals surface area contributed by atoms with Crippen LogP contribution in [-0.4, -0.2) is 25.2 Å². The molecule has 72 valence electrons. The van der Waals surface area contributed by atoms with E-state index in [1.165, 1.54) is 0 Å². The maximum atomic E-state index is 11.2. The average Bonchev–Trinajstić information content (AvgIpc) is 2.64. The summed E-state index contributed by atoms with van der Waals surface area (Å²) in [7, 11) is 0. The van der Waals surface area contributed by atoms with E-state index in [4.69, 9.17) is 0 Å². The van der Waals surface area contributed by atoms with Crippen LogP contribution in [0.5, 0.6) is 0 Å². The third-order valence-corrected chi connectivity index (χ3v) is 1.92. The highest BCUT2D eigenvalue weighted by Gasteiger charge is 2.07. The Morgan fingerprint density at radius 3 is 3.07 bits per heavy atom. The summed E-state index contributed by atoms with van der Waals surface area (Å²) in [6.45, 7) is 1.99. The van der Waals surface area contributed by atoms with Crippen LogP contribution in [0.3, 0.4) is 0 Å². The molecule has 0 saturated carbocycles. The first-order valence-electron chi connectivity index (χ1n) is 4.27. The van der Waals surface area contributed by atoms with Crippen molar-refractivity contribution < 1.29 is 0 Å². The molecule has 6 nitrogen and oxygen atoms in total. The number of hydrogen-bond donors (Lipinski definition) is 1. The zero-order chi connectivity index (χ0) is 9.97. The van der Waals surface area contributed by atoms with Crippen molar-refractivity contribution in [3.8, 4) is 5.82 Å². The first-order valence-corrected chi connectivity index (χ1v) is 4.27. The first-order chi connectivity index (χ1) is 6.83. The molecule has 6 heteroatoms. The Morgan fingerprint density at radius 2 is 2.43 bits per heavy atom. The summed E-state index contributed by atoms with van der Waals surface area (Å²) in [5.41, 5.74) is 0.585. The molecule has 0 saturated heterocycles. The van der Waals surface area contributed by atoms with E-state index in [0.717, 1.165) is 16.7 Å². The number of nitrogens with zero attached hydrogens (tertiary/aromatic N) is 4. The monoisotopic (exact) mass is 191 g/mol. The van der Waals surface area contributed by atoms with E-state index >= 15 is 0 Å². The molecular weight excluding hydrogens is 182 g/mol. The molecule has 2 rings (SSSR count). The van der Waals surface area contributed by atoms with Crippen LogP contribution in [0.15, 0.2) is 23.1 Å². The average molecular weight is 191 g/mol. The van der Waals surface area contributed by atoms with Crippen molar-refractivity contribution in [2.45, 2.75) is 13.3 Å². The van der Waals surface area contributed by atoms with Gasteiger partial charge in [0, 0.05) is 6.20 Å². The summed E-state index contributed by atoms with van der Waals surface area (Å²) in [6.07, 6.45) is 2.41. The summed E-state index contributed by atoms with van der Waals surface area (Å²) in [6, 6.07) is 3.73. The number of aromatic amines is 1. The molecule has 0 aliphatic rings. The van der Waals surface area contributed by atoms with E-state index in [2.05, 4.69) is 20.5 Å². The lowest BCUT2D eigenvalue weighted by Crippen LogP contribution is -2.18. The Bertz CT molecular complexity index is 486. The minimum atomic E-state index is -0.376. The predicted molar refractivity (Wildman–Crippen MR) is 49.2 cm³/mol. The molecule has 2 heterocycles. The van der Waals surface area contributed by atoms with Gasteiger partial charge in [-0.3, -0.25) is 0 Å². The van der Waals surface area contributed by atoms with E-state index in [0.29, 0.717) is 5.82 Å². The molecule has 0 unspecified atom stereocenters. The Labute approximate surface area is 79.6 Å². The number of aryl methyl sites for hydroxylation is 1. The molecule has 1 N–H and O–H groups in total. The molecule has 0 bridgehead atoms. The number of H-pyrrole nitrogens is 1. The van der Waals surface area contributed by atoms with Gasteiger partial charge in [0.05, 0.1) is 0 Å². The van der Waals surface area contributed by atoms with Crippen molar-refractivity contribution in [1.82, 2.24) is 25.2 Å². The van der Waals surface area contributed by atoms with Crippen LogP contribution in [0.2, 0.25) is 0 Å². The maximum absolute atomic E-state index is 11.2. The molecule has 0 aliphatic heterocycles. The molecule has 0 amide bonds. The standard InChI is InChI=1S/C8H9N5O/c1-2-6-4-3-5-9-7(6)13-8(14)10-11-12-13/h3-5H,2H2,1H3,(H,10,12,14). The van der Waals surface area contributed by atoms with Crippen LogP contribution < -0.4 is 5.69 Å².